The van der Waals surface area contributed by atoms with Crippen LogP contribution in [0.5, 0.6) is 5.75 Å². The number of thiazole rings is 1. The number of carboxylic acid groups (broad SMARTS) is 1. The Labute approximate surface area is 153 Å². The zero-order valence-electron chi connectivity index (χ0n) is 14.2. The summed E-state index contributed by atoms with van der Waals surface area (Å²) in [5.74, 6) is -1.04. The minimum atomic E-state index is -1.02. The van der Waals surface area contributed by atoms with Gasteiger partial charge in [-0.1, -0.05) is 0 Å². The summed E-state index contributed by atoms with van der Waals surface area (Å²) in [6.45, 7) is 3.55. The van der Waals surface area contributed by atoms with E-state index in [0.29, 0.717) is 22.3 Å². The number of anilines is 2. The largest absolute Gasteiger partial charge is 0.481 e. The van der Waals surface area contributed by atoms with Gasteiger partial charge in [-0.2, -0.15) is 0 Å². The van der Waals surface area contributed by atoms with Crippen LogP contribution in [0.15, 0.2) is 18.2 Å². The van der Waals surface area contributed by atoms with Gasteiger partial charge in [0.1, 0.15) is 5.75 Å². The molecule has 2 heterocycles. The number of rotatable bonds is 5. The zero-order chi connectivity index (χ0) is 18.8. The number of aromatic nitrogens is 1. The van der Waals surface area contributed by atoms with Crippen molar-refractivity contribution >= 4 is 39.9 Å². The molecular weight excluding hydrogens is 358 g/mol. The molecule has 1 unspecified atom stereocenters. The predicted octanol–water partition coefficient (Wildman–Crippen LogP) is 2.64. The van der Waals surface area contributed by atoms with Crippen molar-refractivity contribution in [1.82, 2.24) is 4.98 Å². The summed E-state index contributed by atoms with van der Waals surface area (Å²) >= 11 is 1.30. The molecule has 0 spiro atoms. The number of fused-ring (bicyclic) bond motifs is 1. The standard InChI is InChI=1S/C17H17N3O5S/c1-8-16(24)18-11-7-10(3-4-12(11)25-8)15-9(2)26-17(20-15)19-13(21)5-6-14(22)23/h3-4,7-8H,5-6H2,1-2H3,(H,18,24)(H,22,23)(H,19,20,21). The molecule has 3 N–H and O–H groups in total. The molecule has 2 aromatic rings. The molecule has 1 aromatic heterocycles. The minimum Gasteiger partial charge on any atom is -0.481 e. The number of carbonyl (C=O) groups is 3. The maximum atomic E-state index is 11.8. The summed E-state index contributed by atoms with van der Waals surface area (Å²) in [5, 5.41) is 14.4. The molecule has 26 heavy (non-hydrogen) atoms. The van der Waals surface area contributed by atoms with Crippen molar-refractivity contribution in [3.63, 3.8) is 0 Å². The molecular formula is C17H17N3O5S. The van der Waals surface area contributed by atoms with E-state index in [-0.39, 0.29) is 18.7 Å². The molecule has 8 nitrogen and oxygen atoms in total. The Morgan fingerprint density at radius 2 is 2.15 bits per heavy atom. The van der Waals surface area contributed by atoms with Crippen LogP contribution in [0.4, 0.5) is 10.8 Å². The van der Waals surface area contributed by atoms with Crippen molar-refractivity contribution in [2.45, 2.75) is 32.8 Å². The number of carboxylic acids is 1. The van der Waals surface area contributed by atoms with Gasteiger partial charge in [0.15, 0.2) is 11.2 Å². The van der Waals surface area contributed by atoms with E-state index in [1.54, 1.807) is 19.1 Å². The Hall–Kier alpha value is -2.94. The summed E-state index contributed by atoms with van der Waals surface area (Å²) < 4.78 is 5.53. The molecule has 1 aliphatic rings. The van der Waals surface area contributed by atoms with Crippen LogP contribution in [0, 0.1) is 6.92 Å². The van der Waals surface area contributed by atoms with Gasteiger partial charge in [-0.25, -0.2) is 4.98 Å². The van der Waals surface area contributed by atoms with Gasteiger partial charge in [0.2, 0.25) is 5.91 Å². The topological polar surface area (TPSA) is 118 Å². The van der Waals surface area contributed by atoms with E-state index in [0.717, 1.165) is 10.4 Å². The number of benzene rings is 1. The SMILES string of the molecule is Cc1sc(NC(=O)CCC(=O)O)nc1-c1ccc2c(c1)NC(=O)C(C)O2. The molecule has 3 rings (SSSR count). The van der Waals surface area contributed by atoms with Crippen LogP contribution >= 0.6 is 11.3 Å². The average Bonchev–Trinajstić information content (AvgIpc) is 2.94. The highest BCUT2D eigenvalue weighted by Gasteiger charge is 2.24. The number of aryl methyl sites for hydroxylation is 1. The molecule has 1 atom stereocenters. The van der Waals surface area contributed by atoms with E-state index in [1.165, 1.54) is 11.3 Å². The number of amides is 2. The third kappa shape index (κ3) is 3.83. The lowest BCUT2D eigenvalue weighted by atomic mass is 10.1. The van der Waals surface area contributed by atoms with E-state index in [2.05, 4.69) is 15.6 Å². The third-order valence-corrected chi connectivity index (χ3v) is 4.68. The average molecular weight is 375 g/mol. The Morgan fingerprint density at radius 3 is 2.88 bits per heavy atom. The number of hydrogen-bond donors (Lipinski definition) is 3. The smallest absolute Gasteiger partial charge is 0.303 e. The molecule has 0 radical (unpaired) electrons. The number of aliphatic carboxylic acids is 1. The summed E-state index contributed by atoms with van der Waals surface area (Å²) in [6, 6.07) is 5.38. The molecule has 0 saturated heterocycles. The van der Waals surface area contributed by atoms with Crippen molar-refractivity contribution in [3.05, 3.63) is 23.1 Å². The first kappa shape index (κ1) is 17.9. The second kappa shape index (κ2) is 7.12. The van der Waals surface area contributed by atoms with Gasteiger partial charge in [-0.3, -0.25) is 14.4 Å². The number of ether oxygens (including phenoxy) is 1. The lowest BCUT2D eigenvalue weighted by Gasteiger charge is -2.23. The molecule has 1 aliphatic heterocycles. The van der Waals surface area contributed by atoms with E-state index in [4.69, 9.17) is 9.84 Å². The quantitative estimate of drug-likeness (QED) is 0.739. The summed E-state index contributed by atoms with van der Waals surface area (Å²) in [4.78, 5) is 39.4. The van der Waals surface area contributed by atoms with Crippen molar-refractivity contribution < 1.29 is 24.2 Å². The summed E-state index contributed by atoms with van der Waals surface area (Å²) in [7, 11) is 0. The minimum absolute atomic E-state index is 0.107. The highest BCUT2D eigenvalue weighted by Crippen LogP contribution is 2.36. The highest BCUT2D eigenvalue weighted by atomic mass is 32.1. The maximum absolute atomic E-state index is 11.8. The Kier molecular flexibility index (Phi) is 4.90. The first-order valence-electron chi connectivity index (χ1n) is 7.94. The maximum Gasteiger partial charge on any atom is 0.303 e. The van der Waals surface area contributed by atoms with Crippen molar-refractivity contribution in [1.29, 1.82) is 0 Å². The predicted molar refractivity (Wildman–Crippen MR) is 96.5 cm³/mol. The van der Waals surface area contributed by atoms with Gasteiger partial charge in [0.05, 0.1) is 17.8 Å². The fraction of sp³-hybridized carbons (Fsp3) is 0.294. The van der Waals surface area contributed by atoms with Crippen LogP contribution in [0.3, 0.4) is 0 Å². The number of nitrogens with one attached hydrogen (secondary N) is 2. The monoisotopic (exact) mass is 375 g/mol. The normalized spacial score (nSPS) is 15.6. The number of hydrogen-bond acceptors (Lipinski definition) is 6. The first-order valence-corrected chi connectivity index (χ1v) is 8.76. The van der Waals surface area contributed by atoms with Gasteiger partial charge < -0.3 is 20.5 Å². The van der Waals surface area contributed by atoms with Crippen molar-refractivity contribution in [2.24, 2.45) is 0 Å². The lowest BCUT2D eigenvalue weighted by Crippen LogP contribution is -2.34. The highest BCUT2D eigenvalue weighted by molar-refractivity contribution is 7.16. The Morgan fingerprint density at radius 1 is 1.38 bits per heavy atom. The van der Waals surface area contributed by atoms with Crippen LogP contribution in [0.2, 0.25) is 0 Å². The van der Waals surface area contributed by atoms with Crippen LogP contribution in [0.25, 0.3) is 11.3 Å². The fourth-order valence-electron chi connectivity index (χ4n) is 2.48. The van der Waals surface area contributed by atoms with E-state index in [9.17, 15) is 14.4 Å². The molecule has 0 aliphatic carbocycles. The van der Waals surface area contributed by atoms with E-state index in [1.807, 2.05) is 13.0 Å². The molecule has 0 fully saturated rings. The van der Waals surface area contributed by atoms with Gasteiger partial charge in [-0.15, -0.1) is 11.3 Å². The van der Waals surface area contributed by atoms with Crippen molar-refractivity contribution in [3.8, 4) is 17.0 Å². The van der Waals surface area contributed by atoms with Gasteiger partial charge in [0, 0.05) is 16.9 Å². The van der Waals surface area contributed by atoms with Gasteiger partial charge in [-0.05, 0) is 32.0 Å². The van der Waals surface area contributed by atoms with Crippen molar-refractivity contribution in [2.75, 3.05) is 10.6 Å². The number of carbonyl (C=O) groups excluding carboxylic acids is 2. The van der Waals surface area contributed by atoms with E-state index < -0.39 is 18.0 Å². The summed E-state index contributed by atoms with van der Waals surface area (Å²) in [5.41, 5.74) is 2.03. The fourth-order valence-corrected chi connectivity index (χ4v) is 3.33. The van der Waals surface area contributed by atoms with E-state index >= 15 is 0 Å². The molecule has 0 saturated carbocycles. The summed E-state index contributed by atoms with van der Waals surface area (Å²) in [6.07, 6.45) is -0.877. The van der Waals surface area contributed by atoms with Gasteiger partial charge in [0.25, 0.3) is 5.91 Å². The molecule has 1 aromatic carbocycles. The van der Waals surface area contributed by atoms with Crippen LogP contribution in [-0.2, 0) is 14.4 Å². The van der Waals surface area contributed by atoms with Crippen LogP contribution in [0.1, 0.15) is 24.6 Å². The van der Waals surface area contributed by atoms with Crippen LogP contribution in [-0.4, -0.2) is 34.0 Å². The molecule has 0 bridgehead atoms. The van der Waals surface area contributed by atoms with Crippen LogP contribution < -0.4 is 15.4 Å². The molecule has 2 amide bonds. The first-order chi connectivity index (χ1) is 12.3. The second-order valence-corrected chi connectivity index (χ2v) is 7.03. The molecule has 136 valence electrons. The third-order valence-electron chi connectivity index (χ3n) is 3.79. The van der Waals surface area contributed by atoms with Gasteiger partial charge >= 0.3 is 5.97 Å². The Balaban J connectivity index is 1.79. The Bertz CT molecular complexity index is 893. The molecule has 9 heteroatoms. The second-order valence-electron chi connectivity index (χ2n) is 5.83. The lowest BCUT2D eigenvalue weighted by molar-refractivity contribution is -0.138. The zero-order valence-corrected chi connectivity index (χ0v) is 15.0. The number of nitrogens with zero attached hydrogens (tertiary/aromatic N) is 1.